The first kappa shape index (κ1) is 18.1. The molecular formula is C23H23F2N. The molecule has 1 heterocycles. The van der Waals surface area contributed by atoms with Crippen molar-refractivity contribution < 1.29 is 8.78 Å². The predicted octanol–water partition coefficient (Wildman–Crippen LogP) is 6.54. The van der Waals surface area contributed by atoms with Gasteiger partial charge in [0.05, 0.1) is 0 Å². The Kier molecular flexibility index (Phi) is 4.82. The fraction of sp³-hybridized carbons (Fsp3) is 0.217. The van der Waals surface area contributed by atoms with Crippen molar-refractivity contribution >= 4 is 5.57 Å². The molecule has 3 heteroatoms. The molecule has 0 aliphatic heterocycles. The van der Waals surface area contributed by atoms with Crippen molar-refractivity contribution in [2.75, 3.05) is 0 Å². The first-order valence-electron chi connectivity index (χ1n) is 8.65. The molecule has 0 amide bonds. The number of aromatic nitrogens is 1. The van der Waals surface area contributed by atoms with Gasteiger partial charge in [-0.3, -0.25) is 0 Å². The van der Waals surface area contributed by atoms with E-state index in [9.17, 15) is 8.78 Å². The van der Waals surface area contributed by atoms with Crippen LogP contribution in [0.4, 0.5) is 8.78 Å². The van der Waals surface area contributed by atoms with E-state index in [1.807, 2.05) is 42.6 Å². The topological polar surface area (TPSA) is 4.93 Å². The first-order chi connectivity index (χ1) is 12.3. The summed E-state index contributed by atoms with van der Waals surface area (Å²) >= 11 is 0. The van der Waals surface area contributed by atoms with Crippen LogP contribution in [-0.2, 0) is 6.54 Å². The smallest absolute Gasteiger partial charge is 0.131 e. The predicted molar refractivity (Wildman–Crippen MR) is 104 cm³/mol. The molecule has 0 fully saturated rings. The van der Waals surface area contributed by atoms with Crippen LogP contribution >= 0.6 is 0 Å². The van der Waals surface area contributed by atoms with Gasteiger partial charge in [-0.25, -0.2) is 8.78 Å². The summed E-state index contributed by atoms with van der Waals surface area (Å²) in [6, 6.07) is 15.5. The highest BCUT2D eigenvalue weighted by molar-refractivity contribution is 5.73. The molecule has 0 spiro atoms. The molecule has 3 rings (SSSR count). The Morgan fingerprint density at radius 1 is 1.00 bits per heavy atom. The third-order valence-electron chi connectivity index (χ3n) is 4.55. The molecule has 0 aliphatic rings. The lowest BCUT2D eigenvalue weighted by Gasteiger charge is -2.23. The van der Waals surface area contributed by atoms with Crippen molar-refractivity contribution in [3.63, 3.8) is 0 Å². The average Bonchev–Trinajstić information content (AvgIpc) is 2.99. The molecular weight excluding hydrogens is 328 g/mol. The summed E-state index contributed by atoms with van der Waals surface area (Å²) in [5.41, 5.74) is 3.80. The van der Waals surface area contributed by atoms with Crippen molar-refractivity contribution in [1.29, 1.82) is 0 Å². The quantitative estimate of drug-likeness (QED) is 0.503. The highest BCUT2D eigenvalue weighted by Gasteiger charge is 2.21. The van der Waals surface area contributed by atoms with Gasteiger partial charge in [-0.05, 0) is 40.8 Å². The Balaban J connectivity index is 2.11. The minimum atomic E-state index is -0.451. The fourth-order valence-electron chi connectivity index (χ4n) is 2.93. The second-order valence-corrected chi connectivity index (χ2v) is 7.58. The fourth-order valence-corrected chi connectivity index (χ4v) is 2.93. The molecule has 1 aromatic heterocycles. The summed E-state index contributed by atoms with van der Waals surface area (Å²) in [4.78, 5) is 0. The lowest BCUT2D eigenvalue weighted by molar-refractivity contribution is 0.560. The summed E-state index contributed by atoms with van der Waals surface area (Å²) in [7, 11) is 0. The number of hydrogen-bond donors (Lipinski definition) is 0. The normalized spacial score (nSPS) is 11.6. The van der Waals surface area contributed by atoms with Crippen LogP contribution in [-0.4, -0.2) is 4.57 Å². The Labute approximate surface area is 153 Å². The Morgan fingerprint density at radius 3 is 2.35 bits per heavy atom. The zero-order valence-electron chi connectivity index (χ0n) is 15.4. The van der Waals surface area contributed by atoms with Crippen molar-refractivity contribution in [3.05, 3.63) is 90.3 Å². The van der Waals surface area contributed by atoms with E-state index in [-0.39, 0.29) is 11.0 Å². The molecule has 2 aromatic carbocycles. The second kappa shape index (κ2) is 6.91. The van der Waals surface area contributed by atoms with Gasteiger partial charge >= 0.3 is 0 Å². The van der Waals surface area contributed by atoms with Gasteiger partial charge in [0, 0.05) is 29.6 Å². The SMILES string of the molecule is C=C(c1cc(-c2cc(F)ccc2F)cn1Cc1ccccc1)C(C)(C)C. The molecule has 0 saturated carbocycles. The first-order valence-corrected chi connectivity index (χ1v) is 8.65. The molecule has 26 heavy (non-hydrogen) atoms. The van der Waals surface area contributed by atoms with Crippen LogP contribution in [0.1, 0.15) is 32.0 Å². The highest BCUT2D eigenvalue weighted by Crippen LogP contribution is 2.36. The average molecular weight is 351 g/mol. The number of hydrogen-bond acceptors (Lipinski definition) is 0. The minimum absolute atomic E-state index is 0.134. The van der Waals surface area contributed by atoms with Gasteiger partial charge in [-0.15, -0.1) is 0 Å². The van der Waals surface area contributed by atoms with Crippen LogP contribution in [0, 0.1) is 17.0 Å². The number of allylic oxidation sites excluding steroid dienone is 1. The van der Waals surface area contributed by atoms with Gasteiger partial charge in [0.2, 0.25) is 0 Å². The molecule has 0 atom stereocenters. The molecule has 0 unspecified atom stereocenters. The third kappa shape index (κ3) is 3.77. The number of rotatable bonds is 4. The van der Waals surface area contributed by atoms with E-state index in [1.165, 1.54) is 6.07 Å². The van der Waals surface area contributed by atoms with E-state index in [0.29, 0.717) is 12.1 Å². The molecule has 0 bridgehead atoms. The van der Waals surface area contributed by atoms with E-state index >= 15 is 0 Å². The second-order valence-electron chi connectivity index (χ2n) is 7.58. The molecule has 3 aromatic rings. The van der Waals surface area contributed by atoms with E-state index in [4.69, 9.17) is 0 Å². The van der Waals surface area contributed by atoms with Crippen molar-refractivity contribution in [2.45, 2.75) is 27.3 Å². The number of benzene rings is 2. The lowest BCUT2D eigenvalue weighted by atomic mass is 9.85. The number of nitrogens with zero attached hydrogens (tertiary/aromatic N) is 1. The van der Waals surface area contributed by atoms with Crippen LogP contribution in [0.5, 0.6) is 0 Å². The maximum atomic E-state index is 14.3. The monoisotopic (exact) mass is 351 g/mol. The van der Waals surface area contributed by atoms with Crippen molar-refractivity contribution in [1.82, 2.24) is 4.57 Å². The van der Waals surface area contributed by atoms with Crippen molar-refractivity contribution in [2.24, 2.45) is 5.41 Å². The zero-order valence-corrected chi connectivity index (χ0v) is 15.4. The van der Waals surface area contributed by atoms with Gasteiger partial charge in [-0.1, -0.05) is 57.7 Å². The Hall–Kier alpha value is -2.68. The van der Waals surface area contributed by atoms with Crippen LogP contribution in [0.25, 0.3) is 16.7 Å². The summed E-state index contributed by atoms with van der Waals surface area (Å²) in [6.07, 6.45) is 1.87. The van der Waals surface area contributed by atoms with Gasteiger partial charge in [0.25, 0.3) is 0 Å². The maximum absolute atomic E-state index is 14.3. The van der Waals surface area contributed by atoms with Gasteiger partial charge in [-0.2, -0.15) is 0 Å². The third-order valence-corrected chi connectivity index (χ3v) is 4.55. The molecule has 0 aliphatic carbocycles. The number of halogens is 2. The zero-order chi connectivity index (χ0) is 18.9. The molecule has 134 valence electrons. The van der Waals surface area contributed by atoms with Crippen LogP contribution in [0.3, 0.4) is 0 Å². The van der Waals surface area contributed by atoms with Crippen molar-refractivity contribution in [3.8, 4) is 11.1 Å². The Bertz CT molecular complexity index is 931. The van der Waals surface area contributed by atoms with Crippen LogP contribution < -0.4 is 0 Å². The lowest BCUT2D eigenvalue weighted by Crippen LogP contribution is -2.12. The minimum Gasteiger partial charge on any atom is -0.343 e. The molecule has 1 nitrogen and oxygen atoms in total. The van der Waals surface area contributed by atoms with E-state index in [0.717, 1.165) is 29.0 Å². The highest BCUT2D eigenvalue weighted by atomic mass is 19.1. The summed E-state index contributed by atoms with van der Waals surface area (Å²) in [5.74, 6) is -0.885. The van der Waals surface area contributed by atoms with Crippen LogP contribution in [0.15, 0.2) is 67.4 Å². The Morgan fingerprint density at radius 2 is 1.69 bits per heavy atom. The largest absolute Gasteiger partial charge is 0.343 e. The maximum Gasteiger partial charge on any atom is 0.131 e. The van der Waals surface area contributed by atoms with E-state index < -0.39 is 11.6 Å². The van der Waals surface area contributed by atoms with Gasteiger partial charge in [0.15, 0.2) is 0 Å². The van der Waals surface area contributed by atoms with E-state index in [1.54, 1.807) is 0 Å². The summed E-state index contributed by atoms with van der Waals surface area (Å²) < 4.78 is 30.0. The summed E-state index contributed by atoms with van der Waals surface area (Å²) in [6.45, 7) is 11.2. The molecule has 0 radical (unpaired) electrons. The van der Waals surface area contributed by atoms with Crippen LogP contribution in [0.2, 0.25) is 0 Å². The van der Waals surface area contributed by atoms with Gasteiger partial charge < -0.3 is 4.57 Å². The van der Waals surface area contributed by atoms with Gasteiger partial charge in [0.1, 0.15) is 11.6 Å². The standard InChI is InChI=1S/C23H23F2N/c1-16(23(2,3)4)22-12-18(20-13-19(24)10-11-21(20)25)15-26(22)14-17-8-6-5-7-9-17/h5-13,15H,1,14H2,2-4H3. The molecule has 0 saturated heterocycles. The summed E-state index contributed by atoms with van der Waals surface area (Å²) in [5, 5.41) is 0. The van der Waals surface area contributed by atoms with E-state index in [2.05, 4.69) is 31.9 Å². The molecule has 0 N–H and O–H groups in total.